The largest absolute Gasteiger partial charge is 0.373 e. The average Bonchev–Trinajstić information content (AvgIpc) is 2.37. The van der Waals surface area contributed by atoms with Crippen LogP contribution in [-0.4, -0.2) is 17.0 Å². The number of nitrogens with two attached hydrogens (primary N) is 1. The van der Waals surface area contributed by atoms with Crippen LogP contribution in [0.3, 0.4) is 0 Å². The highest BCUT2D eigenvalue weighted by Crippen LogP contribution is 2.14. The van der Waals surface area contributed by atoms with Crippen LogP contribution in [-0.2, 0) is 6.54 Å². The molecule has 1 heterocycles. The second-order valence-corrected chi connectivity index (χ2v) is 4.16. The van der Waals surface area contributed by atoms with Gasteiger partial charge in [-0.25, -0.2) is 0 Å². The summed E-state index contributed by atoms with van der Waals surface area (Å²) in [6.45, 7) is 0.650. The van der Waals surface area contributed by atoms with E-state index in [2.05, 4.69) is 20.6 Å². The number of hydrogen-bond acceptors (Lipinski definition) is 5. The number of aromatic nitrogens is 2. The molecule has 2 aromatic rings. The fourth-order valence-electron chi connectivity index (χ4n) is 1.48. The highest BCUT2D eigenvalue weighted by Gasteiger charge is 2.01. The second kappa shape index (κ2) is 5.55. The maximum absolute atomic E-state index is 5.82. The summed E-state index contributed by atoms with van der Waals surface area (Å²) in [4.78, 5) is 8.12. The molecule has 94 valence electrons. The molecule has 0 unspecified atom stereocenters. The Labute approximate surface area is 110 Å². The minimum absolute atomic E-state index is 0.237. The molecule has 0 radical (unpaired) electrons. The zero-order chi connectivity index (χ0) is 13.0. The smallest absolute Gasteiger partial charge is 0.223 e. The van der Waals surface area contributed by atoms with Crippen LogP contribution < -0.4 is 16.4 Å². The van der Waals surface area contributed by atoms with E-state index in [1.807, 2.05) is 24.3 Å². The lowest BCUT2D eigenvalue weighted by Crippen LogP contribution is -2.06. The highest BCUT2D eigenvalue weighted by molar-refractivity contribution is 6.30. The van der Waals surface area contributed by atoms with Gasteiger partial charge in [0, 0.05) is 24.7 Å². The third kappa shape index (κ3) is 3.24. The van der Waals surface area contributed by atoms with Crippen molar-refractivity contribution in [2.75, 3.05) is 23.4 Å². The van der Waals surface area contributed by atoms with Gasteiger partial charge in [-0.05, 0) is 17.7 Å². The van der Waals surface area contributed by atoms with Gasteiger partial charge in [-0.3, -0.25) is 0 Å². The van der Waals surface area contributed by atoms with E-state index in [4.69, 9.17) is 17.3 Å². The van der Waals surface area contributed by atoms with Crippen molar-refractivity contribution >= 4 is 29.2 Å². The van der Waals surface area contributed by atoms with Crippen molar-refractivity contribution in [3.05, 3.63) is 40.9 Å². The summed E-state index contributed by atoms with van der Waals surface area (Å²) in [5, 5.41) is 6.83. The summed E-state index contributed by atoms with van der Waals surface area (Å²) in [5.41, 5.74) is 6.72. The lowest BCUT2D eigenvalue weighted by atomic mass is 10.2. The van der Waals surface area contributed by atoms with Crippen LogP contribution in [0.2, 0.25) is 5.02 Å². The lowest BCUT2D eigenvalue weighted by molar-refractivity contribution is 1.09. The number of hydrogen-bond donors (Lipinski definition) is 3. The Morgan fingerprint density at radius 1 is 1.17 bits per heavy atom. The van der Waals surface area contributed by atoms with Crippen LogP contribution in [0, 0.1) is 0 Å². The number of anilines is 3. The first-order valence-corrected chi connectivity index (χ1v) is 5.86. The van der Waals surface area contributed by atoms with Crippen LogP contribution in [0.4, 0.5) is 17.6 Å². The maximum atomic E-state index is 5.82. The normalized spacial score (nSPS) is 10.1. The molecule has 0 atom stereocenters. The summed E-state index contributed by atoms with van der Waals surface area (Å²) in [6.07, 6.45) is 0. The number of nitrogens with one attached hydrogen (secondary N) is 2. The molecule has 1 aromatic heterocycles. The van der Waals surface area contributed by atoms with Gasteiger partial charge in [0.15, 0.2) is 0 Å². The standard InChI is InChI=1S/C12H14ClN5/c1-15-10-6-11(18-12(14)17-10)16-7-8-2-4-9(13)5-3-8/h2-6H,7H2,1H3,(H4,14,15,16,17,18). The Morgan fingerprint density at radius 2 is 1.83 bits per heavy atom. The molecule has 4 N–H and O–H groups in total. The lowest BCUT2D eigenvalue weighted by Gasteiger charge is -2.08. The van der Waals surface area contributed by atoms with Crippen LogP contribution in [0.15, 0.2) is 30.3 Å². The maximum Gasteiger partial charge on any atom is 0.223 e. The van der Waals surface area contributed by atoms with E-state index in [0.29, 0.717) is 18.2 Å². The van der Waals surface area contributed by atoms with Gasteiger partial charge in [-0.2, -0.15) is 9.97 Å². The van der Waals surface area contributed by atoms with E-state index < -0.39 is 0 Å². The van der Waals surface area contributed by atoms with Crippen molar-refractivity contribution in [2.24, 2.45) is 0 Å². The monoisotopic (exact) mass is 263 g/mol. The SMILES string of the molecule is CNc1cc(NCc2ccc(Cl)cc2)nc(N)n1. The number of benzene rings is 1. The first-order valence-electron chi connectivity index (χ1n) is 5.48. The second-order valence-electron chi connectivity index (χ2n) is 3.73. The predicted octanol–water partition coefficient (Wildman–Crippen LogP) is 2.37. The molecular weight excluding hydrogens is 250 g/mol. The molecule has 0 bridgehead atoms. The zero-order valence-corrected chi connectivity index (χ0v) is 10.7. The predicted molar refractivity (Wildman–Crippen MR) is 74.8 cm³/mol. The molecule has 0 saturated heterocycles. The average molecular weight is 264 g/mol. The van der Waals surface area contributed by atoms with E-state index in [9.17, 15) is 0 Å². The van der Waals surface area contributed by atoms with Crippen molar-refractivity contribution in [2.45, 2.75) is 6.54 Å². The number of nitrogens with zero attached hydrogens (tertiary/aromatic N) is 2. The molecule has 1 aromatic carbocycles. The quantitative estimate of drug-likeness (QED) is 0.790. The summed E-state index contributed by atoms with van der Waals surface area (Å²) >= 11 is 5.82. The first kappa shape index (κ1) is 12.4. The number of nitrogen functional groups attached to an aromatic ring is 1. The summed E-state index contributed by atoms with van der Waals surface area (Å²) < 4.78 is 0. The van der Waals surface area contributed by atoms with E-state index in [1.54, 1.807) is 13.1 Å². The Morgan fingerprint density at radius 3 is 2.50 bits per heavy atom. The molecule has 0 aliphatic carbocycles. The fourth-order valence-corrected chi connectivity index (χ4v) is 1.61. The molecule has 0 aliphatic rings. The van der Waals surface area contributed by atoms with Gasteiger partial charge < -0.3 is 16.4 Å². The third-order valence-electron chi connectivity index (χ3n) is 2.39. The molecule has 2 rings (SSSR count). The Balaban J connectivity index is 2.05. The minimum atomic E-state index is 0.237. The zero-order valence-electron chi connectivity index (χ0n) is 9.94. The van der Waals surface area contributed by atoms with Crippen molar-refractivity contribution in [3.8, 4) is 0 Å². The summed E-state index contributed by atoms with van der Waals surface area (Å²) in [7, 11) is 1.78. The molecular formula is C12H14ClN5. The summed E-state index contributed by atoms with van der Waals surface area (Å²) in [5.74, 6) is 1.60. The Kier molecular flexibility index (Phi) is 3.84. The van der Waals surface area contributed by atoms with Gasteiger partial charge in [-0.1, -0.05) is 23.7 Å². The molecule has 6 heteroatoms. The van der Waals surface area contributed by atoms with E-state index in [1.165, 1.54) is 0 Å². The van der Waals surface area contributed by atoms with Crippen LogP contribution in [0.25, 0.3) is 0 Å². The summed E-state index contributed by atoms with van der Waals surface area (Å²) in [6, 6.07) is 9.42. The van der Waals surface area contributed by atoms with E-state index in [-0.39, 0.29) is 5.95 Å². The van der Waals surface area contributed by atoms with Crippen LogP contribution in [0.5, 0.6) is 0 Å². The molecule has 0 aliphatic heterocycles. The Hall–Kier alpha value is -2.01. The van der Waals surface area contributed by atoms with Gasteiger partial charge in [-0.15, -0.1) is 0 Å². The van der Waals surface area contributed by atoms with Crippen molar-refractivity contribution in [1.29, 1.82) is 0 Å². The fraction of sp³-hybridized carbons (Fsp3) is 0.167. The van der Waals surface area contributed by atoms with Gasteiger partial charge >= 0.3 is 0 Å². The number of rotatable bonds is 4. The third-order valence-corrected chi connectivity index (χ3v) is 2.64. The van der Waals surface area contributed by atoms with Gasteiger partial charge in [0.05, 0.1) is 0 Å². The van der Waals surface area contributed by atoms with Crippen molar-refractivity contribution in [3.63, 3.8) is 0 Å². The molecule has 0 spiro atoms. The molecule has 0 fully saturated rings. The molecule has 0 amide bonds. The van der Waals surface area contributed by atoms with Gasteiger partial charge in [0.25, 0.3) is 0 Å². The van der Waals surface area contributed by atoms with Gasteiger partial charge in [0.2, 0.25) is 5.95 Å². The number of halogens is 1. The molecule has 18 heavy (non-hydrogen) atoms. The van der Waals surface area contributed by atoms with Gasteiger partial charge in [0.1, 0.15) is 11.6 Å². The minimum Gasteiger partial charge on any atom is -0.373 e. The van der Waals surface area contributed by atoms with Crippen LogP contribution >= 0.6 is 11.6 Å². The van der Waals surface area contributed by atoms with Crippen molar-refractivity contribution < 1.29 is 0 Å². The van der Waals surface area contributed by atoms with E-state index in [0.717, 1.165) is 10.6 Å². The van der Waals surface area contributed by atoms with E-state index >= 15 is 0 Å². The topological polar surface area (TPSA) is 75.9 Å². The molecule has 0 saturated carbocycles. The Bertz CT molecular complexity index is 526. The highest BCUT2D eigenvalue weighted by atomic mass is 35.5. The molecule has 5 nitrogen and oxygen atoms in total. The van der Waals surface area contributed by atoms with Crippen LogP contribution in [0.1, 0.15) is 5.56 Å². The first-order chi connectivity index (χ1) is 8.67. The van der Waals surface area contributed by atoms with Crippen molar-refractivity contribution in [1.82, 2.24) is 9.97 Å².